The number of nitrogens with one attached hydrogen (secondary N) is 3. The SMILES string of the molecule is CC1C(C2CCCCC2)CCN1C.CCC(C=O)CCCC(CF)NC(=O)OC(C)(C)C.CCOC(=O)c1cc2cc(NC=O)ccc2[nH]1. The zero-order valence-corrected chi connectivity index (χ0v) is 30.8. The lowest BCUT2D eigenvalue weighted by Crippen LogP contribution is -2.40. The highest BCUT2D eigenvalue weighted by Gasteiger charge is 2.34. The first-order valence-corrected chi connectivity index (χ1v) is 18.1. The van der Waals surface area contributed by atoms with Gasteiger partial charge in [0.15, 0.2) is 0 Å². The van der Waals surface area contributed by atoms with Crippen LogP contribution in [0.25, 0.3) is 10.9 Å². The number of ether oxygens (including phenoxy) is 2. The summed E-state index contributed by atoms with van der Waals surface area (Å²) < 4.78 is 22.8. The van der Waals surface area contributed by atoms with Crippen LogP contribution in [0.15, 0.2) is 24.3 Å². The molecule has 2 fully saturated rings. The molecule has 0 radical (unpaired) electrons. The van der Waals surface area contributed by atoms with E-state index in [1.165, 1.54) is 45.1 Å². The molecular formula is C38H61FN4O6. The molecular weight excluding hydrogens is 627 g/mol. The van der Waals surface area contributed by atoms with E-state index in [1.807, 2.05) is 6.92 Å². The Morgan fingerprint density at radius 1 is 1.08 bits per heavy atom. The van der Waals surface area contributed by atoms with E-state index < -0.39 is 24.4 Å². The first kappa shape index (κ1) is 41.7. The molecule has 1 aliphatic heterocycles. The molecule has 4 rings (SSSR count). The maximum atomic E-state index is 12.8. The molecule has 1 aromatic carbocycles. The standard InChI is InChI=1S/C14H26FNO3.C12H12N2O3.C12H23N/c1-5-11(10-17)7-6-8-12(9-15)16-13(18)19-14(2,3)4;1-2-17-12(16)11-6-8-5-9(13-7-15)3-4-10(8)14-11;1-10-12(8-9-13(10)2)11-6-4-3-5-7-11/h10-12H,5-9H2,1-4H3,(H,16,18);3-7,14H,2H2,1H3,(H,13,15);10-12H,3-9H2,1-2H3. The lowest BCUT2D eigenvalue weighted by molar-refractivity contribution is -0.111. The van der Waals surface area contributed by atoms with E-state index in [9.17, 15) is 23.6 Å². The number of anilines is 1. The van der Waals surface area contributed by atoms with Crippen molar-refractivity contribution in [3.63, 3.8) is 0 Å². The van der Waals surface area contributed by atoms with E-state index in [1.54, 1.807) is 52.0 Å². The Labute approximate surface area is 292 Å². The summed E-state index contributed by atoms with van der Waals surface area (Å²) in [6.45, 7) is 12.4. The molecule has 11 heteroatoms. The average Bonchev–Trinajstić information content (AvgIpc) is 3.65. The lowest BCUT2D eigenvalue weighted by atomic mass is 9.77. The second-order valence-electron chi connectivity index (χ2n) is 14.3. The molecule has 1 saturated heterocycles. The summed E-state index contributed by atoms with van der Waals surface area (Å²) in [5.74, 6) is 1.73. The van der Waals surface area contributed by atoms with Gasteiger partial charge in [-0.05, 0) is 110 Å². The molecule has 1 aromatic heterocycles. The number of esters is 1. The van der Waals surface area contributed by atoms with Gasteiger partial charge in [-0.1, -0.05) is 45.4 Å². The molecule has 2 amide bonds. The van der Waals surface area contributed by atoms with Crippen LogP contribution >= 0.6 is 0 Å². The second kappa shape index (κ2) is 21.6. The number of hydrogen-bond donors (Lipinski definition) is 3. The molecule has 3 N–H and O–H groups in total. The molecule has 4 atom stereocenters. The van der Waals surface area contributed by atoms with Gasteiger partial charge in [0.2, 0.25) is 6.41 Å². The van der Waals surface area contributed by atoms with E-state index in [4.69, 9.17) is 9.47 Å². The van der Waals surface area contributed by atoms with Crippen molar-refractivity contribution in [1.82, 2.24) is 15.2 Å². The van der Waals surface area contributed by atoms with Gasteiger partial charge in [-0.2, -0.15) is 0 Å². The maximum Gasteiger partial charge on any atom is 0.407 e. The fraction of sp³-hybridized carbons (Fsp3) is 0.684. The van der Waals surface area contributed by atoms with Gasteiger partial charge in [-0.3, -0.25) is 4.79 Å². The summed E-state index contributed by atoms with van der Waals surface area (Å²) >= 11 is 0. The Morgan fingerprint density at radius 2 is 1.80 bits per heavy atom. The summed E-state index contributed by atoms with van der Waals surface area (Å²) in [6.07, 6.45) is 12.7. The van der Waals surface area contributed by atoms with Crippen LogP contribution in [0.1, 0.15) is 116 Å². The van der Waals surface area contributed by atoms with Gasteiger partial charge >= 0.3 is 12.1 Å². The van der Waals surface area contributed by atoms with Crippen LogP contribution < -0.4 is 10.6 Å². The third-order valence-electron chi connectivity index (χ3n) is 9.48. The third kappa shape index (κ3) is 14.9. The Balaban J connectivity index is 0.000000259. The van der Waals surface area contributed by atoms with Crippen LogP contribution in [0.5, 0.6) is 0 Å². The predicted octanol–water partition coefficient (Wildman–Crippen LogP) is 8.06. The predicted molar refractivity (Wildman–Crippen MR) is 194 cm³/mol. The van der Waals surface area contributed by atoms with Gasteiger partial charge in [-0.25, -0.2) is 14.0 Å². The number of carbonyl (C=O) groups excluding carboxylic acids is 4. The number of aromatic nitrogens is 1. The number of halogens is 1. The minimum absolute atomic E-state index is 0.0294. The van der Waals surface area contributed by atoms with Crippen LogP contribution in [-0.2, 0) is 19.1 Å². The summed E-state index contributed by atoms with van der Waals surface area (Å²) in [4.78, 5) is 49.4. The van der Waals surface area contributed by atoms with Crippen LogP contribution in [0.3, 0.4) is 0 Å². The second-order valence-corrected chi connectivity index (χ2v) is 14.3. The van der Waals surface area contributed by atoms with E-state index in [2.05, 4.69) is 34.5 Å². The van der Waals surface area contributed by atoms with Gasteiger partial charge < -0.3 is 34.8 Å². The fourth-order valence-electron chi connectivity index (χ4n) is 6.58. The van der Waals surface area contributed by atoms with Crippen LogP contribution in [0.4, 0.5) is 14.9 Å². The summed E-state index contributed by atoms with van der Waals surface area (Å²) in [7, 11) is 2.29. The number of fused-ring (bicyclic) bond motifs is 1. The normalized spacial score (nSPS) is 19.3. The van der Waals surface area contributed by atoms with Crippen molar-refractivity contribution in [2.75, 3.05) is 32.2 Å². The van der Waals surface area contributed by atoms with Crippen molar-refractivity contribution in [2.45, 2.75) is 123 Å². The average molecular weight is 689 g/mol. The molecule has 1 aliphatic carbocycles. The summed E-state index contributed by atoms with van der Waals surface area (Å²) in [5, 5.41) is 5.91. The Hall–Kier alpha value is -3.47. The number of alkyl carbamates (subject to hydrolysis) is 1. The van der Waals surface area contributed by atoms with E-state index in [0.29, 0.717) is 37.2 Å². The summed E-state index contributed by atoms with van der Waals surface area (Å²) in [6, 6.07) is 7.33. The number of amides is 2. The highest BCUT2D eigenvalue weighted by Crippen LogP contribution is 2.37. The number of rotatable bonds is 13. The molecule has 2 aromatic rings. The smallest absolute Gasteiger partial charge is 0.407 e. The number of likely N-dealkylation sites (tertiary alicyclic amines) is 1. The zero-order chi connectivity index (χ0) is 36.4. The van der Waals surface area contributed by atoms with E-state index in [-0.39, 0.29) is 11.9 Å². The zero-order valence-electron chi connectivity index (χ0n) is 30.8. The number of nitrogens with zero attached hydrogens (tertiary/aromatic N) is 1. The minimum atomic E-state index is -0.628. The third-order valence-corrected chi connectivity index (χ3v) is 9.48. The first-order chi connectivity index (χ1) is 23.3. The fourth-order valence-corrected chi connectivity index (χ4v) is 6.58. The van der Waals surface area contributed by atoms with Gasteiger partial charge in [0, 0.05) is 28.6 Å². The number of aromatic amines is 1. The molecule has 10 nitrogen and oxygen atoms in total. The molecule has 2 aliphatic rings. The van der Waals surface area contributed by atoms with Crippen molar-refractivity contribution in [1.29, 1.82) is 0 Å². The van der Waals surface area contributed by atoms with Crippen molar-refractivity contribution in [2.24, 2.45) is 17.8 Å². The van der Waals surface area contributed by atoms with E-state index in [0.717, 1.165) is 47.9 Å². The number of alkyl halides is 1. The topological polar surface area (TPSA) is 130 Å². The van der Waals surface area contributed by atoms with Crippen molar-refractivity contribution in [3.8, 4) is 0 Å². The maximum absolute atomic E-state index is 12.8. The molecule has 2 heterocycles. The van der Waals surface area contributed by atoms with Crippen molar-refractivity contribution >= 4 is 41.3 Å². The van der Waals surface area contributed by atoms with Gasteiger partial charge in [0.25, 0.3) is 0 Å². The number of hydrogen-bond acceptors (Lipinski definition) is 7. The van der Waals surface area contributed by atoms with Crippen LogP contribution in [0, 0.1) is 17.8 Å². The Bertz CT molecular complexity index is 1290. The highest BCUT2D eigenvalue weighted by atomic mass is 19.1. The van der Waals surface area contributed by atoms with Gasteiger partial charge in [0.05, 0.1) is 12.6 Å². The van der Waals surface area contributed by atoms with Crippen LogP contribution in [-0.4, -0.2) is 79.2 Å². The highest BCUT2D eigenvalue weighted by molar-refractivity contribution is 5.96. The number of benzene rings is 1. The minimum Gasteiger partial charge on any atom is -0.461 e. The van der Waals surface area contributed by atoms with E-state index >= 15 is 0 Å². The largest absolute Gasteiger partial charge is 0.461 e. The molecule has 49 heavy (non-hydrogen) atoms. The quantitative estimate of drug-likeness (QED) is 0.143. The molecule has 276 valence electrons. The number of aldehydes is 1. The molecule has 1 saturated carbocycles. The van der Waals surface area contributed by atoms with Crippen molar-refractivity contribution < 1.29 is 33.0 Å². The van der Waals surface area contributed by atoms with Crippen LogP contribution in [0.2, 0.25) is 0 Å². The summed E-state index contributed by atoms with van der Waals surface area (Å²) in [5.41, 5.74) is 1.33. The van der Waals surface area contributed by atoms with Crippen molar-refractivity contribution in [3.05, 3.63) is 30.0 Å². The van der Waals surface area contributed by atoms with Gasteiger partial charge in [0.1, 0.15) is 24.3 Å². The Morgan fingerprint density at radius 3 is 2.35 bits per heavy atom. The molecule has 4 unspecified atom stereocenters. The molecule has 0 spiro atoms. The number of carbonyl (C=O) groups is 4. The number of H-pyrrole nitrogens is 1. The Kier molecular flexibility index (Phi) is 18.4. The first-order valence-electron chi connectivity index (χ1n) is 18.1. The molecule has 0 bridgehead atoms. The van der Waals surface area contributed by atoms with Gasteiger partial charge in [-0.15, -0.1) is 0 Å². The monoisotopic (exact) mass is 688 g/mol. The lowest BCUT2D eigenvalue weighted by Gasteiger charge is -2.31.